The molecule has 3 rings (SSSR count). The summed E-state index contributed by atoms with van der Waals surface area (Å²) in [5.74, 6) is 0.979. The van der Waals surface area contributed by atoms with E-state index in [0.29, 0.717) is 12.3 Å². The second-order valence-electron chi connectivity index (χ2n) is 6.68. The summed E-state index contributed by atoms with van der Waals surface area (Å²) in [4.78, 5) is 14.5. The van der Waals surface area contributed by atoms with Gasteiger partial charge in [-0.1, -0.05) is 60.2 Å². The summed E-state index contributed by atoms with van der Waals surface area (Å²) in [6.45, 7) is 3.88. The summed E-state index contributed by atoms with van der Waals surface area (Å²) in [6, 6.07) is 19.0. The van der Waals surface area contributed by atoms with Crippen LogP contribution in [-0.4, -0.2) is 23.9 Å². The fourth-order valence-electron chi connectivity index (χ4n) is 3.33. The topological polar surface area (TPSA) is 20.3 Å². The van der Waals surface area contributed by atoms with E-state index in [1.807, 2.05) is 4.90 Å². The van der Waals surface area contributed by atoms with Gasteiger partial charge in [-0.15, -0.1) is 0 Å². The molecule has 0 bridgehead atoms. The van der Waals surface area contributed by atoms with Gasteiger partial charge in [0, 0.05) is 13.1 Å². The van der Waals surface area contributed by atoms with Crippen LogP contribution in [0.5, 0.6) is 0 Å². The zero-order valence-corrected chi connectivity index (χ0v) is 13.9. The molecule has 2 aromatic carbocycles. The van der Waals surface area contributed by atoms with Crippen LogP contribution in [0.25, 0.3) is 0 Å². The molecule has 0 N–H and O–H groups in total. The summed E-state index contributed by atoms with van der Waals surface area (Å²) >= 11 is 0. The molecular formula is C21H25NO. The van der Waals surface area contributed by atoms with Crippen LogP contribution in [0.15, 0.2) is 54.6 Å². The van der Waals surface area contributed by atoms with Crippen molar-refractivity contribution in [3.8, 4) is 0 Å². The Bertz CT molecular complexity index is 625. The Labute approximate surface area is 139 Å². The van der Waals surface area contributed by atoms with Gasteiger partial charge in [0.2, 0.25) is 5.91 Å². The van der Waals surface area contributed by atoms with Crippen LogP contribution >= 0.6 is 0 Å². The van der Waals surface area contributed by atoms with Crippen LogP contribution in [0, 0.1) is 12.8 Å². The minimum atomic E-state index is 0.270. The standard InChI is InChI=1S/C21H25NO/c1-17-7-9-19(10-8-17)16-21(23)22-13-11-20(12-14-22)15-18-5-3-2-4-6-18/h2-10,20H,11-16H2,1H3. The number of nitrogens with zero attached hydrogens (tertiary/aromatic N) is 1. The lowest BCUT2D eigenvalue weighted by Gasteiger charge is -2.32. The normalized spacial score (nSPS) is 15.6. The van der Waals surface area contributed by atoms with Crippen LogP contribution in [0.3, 0.4) is 0 Å². The van der Waals surface area contributed by atoms with Gasteiger partial charge in [0.05, 0.1) is 6.42 Å². The molecule has 2 nitrogen and oxygen atoms in total. The van der Waals surface area contributed by atoms with Crippen LogP contribution < -0.4 is 0 Å². The van der Waals surface area contributed by atoms with Crippen molar-refractivity contribution in [3.05, 3.63) is 71.3 Å². The molecule has 1 heterocycles. The molecule has 0 atom stereocenters. The number of hydrogen-bond donors (Lipinski definition) is 0. The summed E-state index contributed by atoms with van der Waals surface area (Å²) in [6.07, 6.45) is 3.91. The highest BCUT2D eigenvalue weighted by atomic mass is 16.2. The second-order valence-corrected chi connectivity index (χ2v) is 6.68. The van der Waals surface area contributed by atoms with Crippen molar-refractivity contribution < 1.29 is 4.79 Å². The molecule has 0 unspecified atom stereocenters. The van der Waals surface area contributed by atoms with Crippen molar-refractivity contribution >= 4 is 5.91 Å². The fraction of sp³-hybridized carbons (Fsp3) is 0.381. The van der Waals surface area contributed by atoms with Crippen LogP contribution in [-0.2, 0) is 17.6 Å². The highest BCUT2D eigenvalue weighted by molar-refractivity contribution is 5.78. The number of carbonyl (C=O) groups is 1. The first-order valence-electron chi connectivity index (χ1n) is 8.58. The van der Waals surface area contributed by atoms with E-state index in [1.165, 1.54) is 11.1 Å². The minimum Gasteiger partial charge on any atom is -0.342 e. The number of amides is 1. The number of piperidine rings is 1. The van der Waals surface area contributed by atoms with E-state index >= 15 is 0 Å². The quantitative estimate of drug-likeness (QED) is 0.835. The number of carbonyl (C=O) groups excluding carboxylic acids is 1. The lowest BCUT2D eigenvalue weighted by molar-refractivity contribution is -0.131. The van der Waals surface area contributed by atoms with Crippen molar-refractivity contribution in [1.82, 2.24) is 4.90 Å². The van der Waals surface area contributed by atoms with Crippen molar-refractivity contribution in [2.45, 2.75) is 32.6 Å². The lowest BCUT2D eigenvalue weighted by Crippen LogP contribution is -2.39. The van der Waals surface area contributed by atoms with Gasteiger partial charge in [-0.05, 0) is 43.2 Å². The molecule has 0 aliphatic carbocycles. The molecule has 1 fully saturated rings. The Morgan fingerprint density at radius 2 is 1.61 bits per heavy atom. The molecule has 0 aromatic heterocycles. The van der Waals surface area contributed by atoms with Crippen LogP contribution in [0.1, 0.15) is 29.5 Å². The SMILES string of the molecule is Cc1ccc(CC(=O)N2CCC(Cc3ccccc3)CC2)cc1. The molecule has 23 heavy (non-hydrogen) atoms. The highest BCUT2D eigenvalue weighted by Gasteiger charge is 2.22. The first kappa shape index (κ1) is 15.8. The van der Waals surface area contributed by atoms with Crippen molar-refractivity contribution in [1.29, 1.82) is 0 Å². The van der Waals surface area contributed by atoms with Crippen molar-refractivity contribution in [2.24, 2.45) is 5.92 Å². The maximum absolute atomic E-state index is 12.4. The highest BCUT2D eigenvalue weighted by Crippen LogP contribution is 2.22. The summed E-state index contributed by atoms with van der Waals surface area (Å²) in [5.41, 5.74) is 3.77. The predicted molar refractivity (Wildman–Crippen MR) is 94.3 cm³/mol. The van der Waals surface area contributed by atoms with E-state index in [0.717, 1.165) is 37.9 Å². The van der Waals surface area contributed by atoms with Gasteiger partial charge in [0.15, 0.2) is 0 Å². The lowest BCUT2D eigenvalue weighted by atomic mass is 9.90. The molecule has 0 radical (unpaired) electrons. The van der Waals surface area contributed by atoms with E-state index in [2.05, 4.69) is 61.5 Å². The molecule has 1 aliphatic heterocycles. The number of hydrogen-bond acceptors (Lipinski definition) is 1. The number of likely N-dealkylation sites (tertiary alicyclic amines) is 1. The van der Waals surface area contributed by atoms with Gasteiger partial charge >= 0.3 is 0 Å². The Balaban J connectivity index is 1.48. The van der Waals surface area contributed by atoms with E-state index in [1.54, 1.807) is 0 Å². The summed E-state index contributed by atoms with van der Waals surface area (Å²) < 4.78 is 0. The molecule has 1 saturated heterocycles. The zero-order valence-electron chi connectivity index (χ0n) is 13.9. The number of aryl methyl sites for hydroxylation is 1. The maximum Gasteiger partial charge on any atom is 0.226 e. The van der Waals surface area contributed by atoms with Gasteiger partial charge in [0.1, 0.15) is 0 Å². The smallest absolute Gasteiger partial charge is 0.226 e. The average molecular weight is 307 g/mol. The third-order valence-electron chi connectivity index (χ3n) is 4.81. The summed E-state index contributed by atoms with van der Waals surface area (Å²) in [5, 5.41) is 0. The van der Waals surface area contributed by atoms with Crippen molar-refractivity contribution in [3.63, 3.8) is 0 Å². The van der Waals surface area contributed by atoms with Gasteiger partial charge in [0.25, 0.3) is 0 Å². The Morgan fingerprint density at radius 1 is 0.957 bits per heavy atom. The Kier molecular flexibility index (Phi) is 5.12. The molecule has 1 aliphatic rings. The molecule has 2 aromatic rings. The average Bonchev–Trinajstić information content (AvgIpc) is 2.58. The molecule has 0 saturated carbocycles. The number of benzene rings is 2. The van der Waals surface area contributed by atoms with Crippen LogP contribution in [0.4, 0.5) is 0 Å². The fourth-order valence-corrected chi connectivity index (χ4v) is 3.33. The van der Waals surface area contributed by atoms with Gasteiger partial charge in [-0.25, -0.2) is 0 Å². The van der Waals surface area contributed by atoms with Crippen LogP contribution in [0.2, 0.25) is 0 Å². The third kappa shape index (κ3) is 4.44. The minimum absolute atomic E-state index is 0.270. The molecular weight excluding hydrogens is 282 g/mol. The Hall–Kier alpha value is -2.09. The monoisotopic (exact) mass is 307 g/mol. The first-order valence-corrected chi connectivity index (χ1v) is 8.58. The van der Waals surface area contributed by atoms with E-state index in [9.17, 15) is 4.79 Å². The Morgan fingerprint density at radius 3 is 2.26 bits per heavy atom. The maximum atomic E-state index is 12.4. The van der Waals surface area contributed by atoms with Crippen molar-refractivity contribution in [2.75, 3.05) is 13.1 Å². The van der Waals surface area contributed by atoms with Gasteiger partial charge in [-0.2, -0.15) is 0 Å². The zero-order chi connectivity index (χ0) is 16.1. The largest absolute Gasteiger partial charge is 0.342 e. The van der Waals surface area contributed by atoms with E-state index < -0.39 is 0 Å². The van der Waals surface area contributed by atoms with E-state index in [-0.39, 0.29) is 5.91 Å². The third-order valence-corrected chi connectivity index (χ3v) is 4.81. The second kappa shape index (κ2) is 7.45. The predicted octanol–water partition coefficient (Wildman–Crippen LogP) is 4.02. The molecule has 1 amide bonds. The number of rotatable bonds is 4. The van der Waals surface area contributed by atoms with Gasteiger partial charge < -0.3 is 4.90 Å². The first-order chi connectivity index (χ1) is 11.2. The molecule has 0 spiro atoms. The molecule has 2 heteroatoms. The molecule has 120 valence electrons. The van der Waals surface area contributed by atoms with Gasteiger partial charge in [-0.3, -0.25) is 4.79 Å². The summed E-state index contributed by atoms with van der Waals surface area (Å²) in [7, 11) is 0. The van der Waals surface area contributed by atoms with E-state index in [4.69, 9.17) is 0 Å².